The van der Waals surface area contributed by atoms with Crippen LogP contribution in [0.3, 0.4) is 0 Å². The van der Waals surface area contributed by atoms with Gasteiger partial charge in [0.1, 0.15) is 0 Å². The van der Waals surface area contributed by atoms with E-state index in [1.54, 1.807) is 0 Å². The summed E-state index contributed by atoms with van der Waals surface area (Å²) in [7, 11) is 0. The van der Waals surface area contributed by atoms with Gasteiger partial charge in [0.05, 0.1) is 0 Å². The molecule has 2 heteroatoms. The van der Waals surface area contributed by atoms with E-state index in [9.17, 15) is 0 Å². The number of aromatic nitrogens is 1. The molecule has 0 aliphatic heterocycles. The van der Waals surface area contributed by atoms with E-state index in [1.807, 2.05) is 30.5 Å². The number of aryl methyl sites for hydroxylation is 2. The molecular weight excluding hydrogens is 458 g/mol. The number of benzene rings is 2. The normalized spacial score (nSPS) is 10.2. The Hall–Kier alpha value is -1.76. The molecule has 0 unspecified atom stereocenters. The van der Waals surface area contributed by atoms with Crippen LogP contribution in [0, 0.1) is 6.07 Å². The molecule has 0 atom stereocenters. The van der Waals surface area contributed by atoms with Gasteiger partial charge in [0.15, 0.2) is 0 Å². The molecular formula is C21H20IrN-. The Labute approximate surface area is 152 Å². The molecule has 0 saturated carbocycles. The third-order valence-corrected chi connectivity index (χ3v) is 3.94. The van der Waals surface area contributed by atoms with Crippen molar-refractivity contribution in [2.45, 2.75) is 26.7 Å². The molecule has 0 aliphatic carbocycles. The fraction of sp³-hybridized carbons (Fsp3) is 0.190. The molecule has 0 bridgehead atoms. The van der Waals surface area contributed by atoms with Crippen LogP contribution in [0.5, 0.6) is 0 Å². The number of rotatable bonds is 4. The van der Waals surface area contributed by atoms with Gasteiger partial charge in [0, 0.05) is 26.3 Å². The Morgan fingerprint density at radius 3 is 2.22 bits per heavy atom. The summed E-state index contributed by atoms with van der Waals surface area (Å²) in [4.78, 5) is 4.42. The SMILES string of the molecule is CCc1cc(CC)cc(-c2cc[c-]c(-c3ccccn3)c2)c1.[Ir]. The van der Waals surface area contributed by atoms with E-state index >= 15 is 0 Å². The molecule has 119 valence electrons. The molecule has 2 aromatic carbocycles. The molecule has 1 aromatic heterocycles. The topological polar surface area (TPSA) is 12.9 Å². The molecule has 3 rings (SSSR count). The van der Waals surface area contributed by atoms with E-state index in [0.717, 1.165) is 24.1 Å². The second-order valence-electron chi connectivity index (χ2n) is 5.45. The maximum atomic E-state index is 4.42. The molecule has 0 aliphatic rings. The molecule has 1 heterocycles. The minimum atomic E-state index is 0. The predicted molar refractivity (Wildman–Crippen MR) is 92.7 cm³/mol. The first-order valence-electron chi connectivity index (χ1n) is 7.86. The maximum absolute atomic E-state index is 4.42. The minimum absolute atomic E-state index is 0. The first-order valence-corrected chi connectivity index (χ1v) is 7.86. The number of hydrogen-bond donors (Lipinski definition) is 0. The van der Waals surface area contributed by atoms with Crippen LogP contribution in [0.25, 0.3) is 22.4 Å². The number of hydrogen-bond acceptors (Lipinski definition) is 1. The van der Waals surface area contributed by atoms with Crippen molar-refractivity contribution in [3.8, 4) is 22.4 Å². The van der Waals surface area contributed by atoms with Crippen molar-refractivity contribution < 1.29 is 20.1 Å². The largest absolute Gasteiger partial charge is 0.305 e. The molecule has 1 nitrogen and oxygen atoms in total. The van der Waals surface area contributed by atoms with Gasteiger partial charge < -0.3 is 4.98 Å². The average molecular weight is 479 g/mol. The number of pyridine rings is 1. The van der Waals surface area contributed by atoms with Crippen molar-refractivity contribution in [1.29, 1.82) is 0 Å². The Morgan fingerprint density at radius 2 is 1.61 bits per heavy atom. The summed E-state index contributed by atoms with van der Waals surface area (Å²) >= 11 is 0. The molecule has 3 aromatic rings. The van der Waals surface area contributed by atoms with Crippen LogP contribution in [0.1, 0.15) is 25.0 Å². The Balaban J connectivity index is 0.00000192. The van der Waals surface area contributed by atoms with E-state index in [0.29, 0.717) is 0 Å². The van der Waals surface area contributed by atoms with Crippen LogP contribution in [-0.4, -0.2) is 4.98 Å². The van der Waals surface area contributed by atoms with Gasteiger partial charge in [-0.1, -0.05) is 44.2 Å². The van der Waals surface area contributed by atoms with E-state index in [1.165, 1.54) is 22.3 Å². The Morgan fingerprint density at radius 1 is 0.870 bits per heavy atom. The predicted octanol–water partition coefficient (Wildman–Crippen LogP) is 5.34. The zero-order valence-electron chi connectivity index (χ0n) is 13.5. The Kier molecular flexibility index (Phi) is 6.27. The van der Waals surface area contributed by atoms with Gasteiger partial charge in [0.2, 0.25) is 0 Å². The molecule has 1 radical (unpaired) electrons. The van der Waals surface area contributed by atoms with Gasteiger partial charge in [-0.25, -0.2) is 0 Å². The zero-order valence-corrected chi connectivity index (χ0v) is 15.9. The maximum Gasteiger partial charge on any atom is 0.0160 e. The van der Waals surface area contributed by atoms with Crippen LogP contribution in [-0.2, 0) is 32.9 Å². The van der Waals surface area contributed by atoms with Gasteiger partial charge >= 0.3 is 0 Å². The monoisotopic (exact) mass is 479 g/mol. The van der Waals surface area contributed by atoms with E-state index in [2.05, 4.69) is 55.2 Å². The van der Waals surface area contributed by atoms with Crippen LogP contribution < -0.4 is 0 Å². The van der Waals surface area contributed by atoms with Gasteiger partial charge in [0.25, 0.3) is 0 Å². The van der Waals surface area contributed by atoms with Crippen molar-refractivity contribution in [3.63, 3.8) is 0 Å². The third-order valence-electron chi connectivity index (χ3n) is 3.94. The van der Waals surface area contributed by atoms with Gasteiger partial charge in [-0.3, -0.25) is 0 Å². The minimum Gasteiger partial charge on any atom is -0.305 e. The Bertz CT molecular complexity index is 744. The fourth-order valence-corrected chi connectivity index (χ4v) is 2.65. The molecule has 0 fully saturated rings. The molecule has 0 N–H and O–H groups in total. The van der Waals surface area contributed by atoms with Crippen molar-refractivity contribution in [3.05, 3.63) is 78.0 Å². The summed E-state index contributed by atoms with van der Waals surface area (Å²) in [5.41, 5.74) is 7.29. The number of nitrogens with zero attached hydrogens (tertiary/aromatic N) is 1. The second kappa shape index (κ2) is 8.19. The molecule has 0 saturated heterocycles. The smallest absolute Gasteiger partial charge is 0.0160 e. The quantitative estimate of drug-likeness (QED) is 0.462. The summed E-state index contributed by atoms with van der Waals surface area (Å²) < 4.78 is 0. The molecule has 0 amide bonds. The van der Waals surface area contributed by atoms with Crippen molar-refractivity contribution >= 4 is 0 Å². The summed E-state index contributed by atoms with van der Waals surface area (Å²) in [5, 5.41) is 0. The van der Waals surface area contributed by atoms with E-state index in [-0.39, 0.29) is 20.1 Å². The summed E-state index contributed by atoms with van der Waals surface area (Å²) in [5.74, 6) is 0. The summed E-state index contributed by atoms with van der Waals surface area (Å²) in [6.45, 7) is 4.41. The van der Waals surface area contributed by atoms with Gasteiger partial charge in [-0.05, 0) is 41.3 Å². The van der Waals surface area contributed by atoms with E-state index in [4.69, 9.17) is 0 Å². The first-order chi connectivity index (χ1) is 10.8. The molecule has 0 spiro atoms. The van der Waals surface area contributed by atoms with Crippen molar-refractivity contribution in [2.24, 2.45) is 0 Å². The first kappa shape index (κ1) is 17.6. The van der Waals surface area contributed by atoms with E-state index < -0.39 is 0 Å². The van der Waals surface area contributed by atoms with Crippen molar-refractivity contribution in [1.82, 2.24) is 4.98 Å². The average Bonchev–Trinajstić information content (AvgIpc) is 2.62. The fourth-order valence-electron chi connectivity index (χ4n) is 2.65. The summed E-state index contributed by atoms with van der Waals surface area (Å²) in [6, 6.07) is 22.4. The van der Waals surface area contributed by atoms with Crippen LogP contribution >= 0.6 is 0 Å². The zero-order chi connectivity index (χ0) is 15.4. The second-order valence-corrected chi connectivity index (χ2v) is 5.45. The summed E-state index contributed by atoms with van der Waals surface area (Å²) in [6.07, 6.45) is 3.95. The molecule has 23 heavy (non-hydrogen) atoms. The van der Waals surface area contributed by atoms with Crippen LogP contribution in [0.15, 0.2) is 60.8 Å². The van der Waals surface area contributed by atoms with Gasteiger partial charge in [-0.15, -0.1) is 35.4 Å². The van der Waals surface area contributed by atoms with Gasteiger partial charge in [-0.2, -0.15) is 0 Å². The third kappa shape index (κ3) is 4.16. The standard InChI is InChI=1S/C21H20N.Ir/c1-3-16-12-17(4-2)14-20(13-16)18-8-7-9-19(15-18)21-10-5-6-11-22-21;/h5-8,10-15H,3-4H2,1-2H3;/q-1;. The van der Waals surface area contributed by atoms with Crippen molar-refractivity contribution in [2.75, 3.05) is 0 Å². The van der Waals surface area contributed by atoms with Crippen LogP contribution in [0.2, 0.25) is 0 Å². The van der Waals surface area contributed by atoms with Crippen LogP contribution in [0.4, 0.5) is 0 Å².